The lowest BCUT2D eigenvalue weighted by atomic mass is 9.51. The predicted octanol–water partition coefficient (Wildman–Crippen LogP) is 9.81. The van der Waals surface area contributed by atoms with Gasteiger partial charge < -0.3 is 15.1 Å². The molecule has 5 aromatic carbocycles. The third-order valence-electron chi connectivity index (χ3n) is 11.9. The van der Waals surface area contributed by atoms with E-state index >= 15 is 4.79 Å². The number of aliphatic hydroxyl groups is 1. The molecule has 0 saturated heterocycles. The van der Waals surface area contributed by atoms with Crippen LogP contribution in [0.1, 0.15) is 33.9 Å². The summed E-state index contributed by atoms with van der Waals surface area (Å²) in [6.07, 6.45) is 9.73. The van der Waals surface area contributed by atoms with E-state index in [1.54, 1.807) is 47.2 Å². The van der Waals surface area contributed by atoms with E-state index in [-0.39, 0.29) is 15.8 Å². The van der Waals surface area contributed by atoms with Crippen molar-refractivity contribution < 1.29 is 26.7 Å². The molecule has 4 aromatic heterocycles. The fourth-order valence-corrected chi connectivity index (χ4v) is 12.0. The van der Waals surface area contributed by atoms with Gasteiger partial charge in [0, 0.05) is 62.0 Å². The van der Waals surface area contributed by atoms with Crippen LogP contribution in [0.25, 0.3) is 44.3 Å². The Kier molecular flexibility index (Phi) is 12.0. The van der Waals surface area contributed by atoms with Crippen molar-refractivity contribution in [2.24, 2.45) is 5.41 Å². The topological polar surface area (TPSA) is 187 Å². The van der Waals surface area contributed by atoms with Crippen molar-refractivity contribution in [1.82, 2.24) is 19.9 Å². The number of Topliss-reactive ketones (excluding diaryl/α,β-unsaturated/α-hetero) is 1. The zero-order valence-electron chi connectivity index (χ0n) is 37.3. The number of nitrogens with one attached hydrogen (secondary N) is 4. The Labute approximate surface area is 412 Å². The number of thiazole rings is 2. The van der Waals surface area contributed by atoms with Gasteiger partial charge in [0.05, 0.1) is 29.3 Å². The number of carbonyl (C=O) groups excluding carboxylic acids is 1. The molecule has 1 aliphatic rings. The van der Waals surface area contributed by atoms with Gasteiger partial charge in [-0.25, -0.2) is 26.8 Å². The summed E-state index contributed by atoms with van der Waals surface area (Å²) < 4.78 is 53.0. The number of aromatic nitrogens is 4. The van der Waals surface area contributed by atoms with Gasteiger partial charge in [-0.2, -0.15) is 0 Å². The molecular formula is C54H40N6O6S4. The highest BCUT2D eigenvalue weighted by Gasteiger charge is 2.57. The monoisotopic (exact) mass is 996 g/mol. The summed E-state index contributed by atoms with van der Waals surface area (Å²) in [4.78, 5) is 31.3. The number of ketones is 1. The number of allylic oxidation sites excluding steroid dienone is 3. The lowest BCUT2D eigenvalue weighted by molar-refractivity contribution is -0.124. The van der Waals surface area contributed by atoms with Gasteiger partial charge in [0.15, 0.2) is 16.0 Å². The third-order valence-corrected chi connectivity index (χ3v) is 14.8. The number of sulfonamides is 2. The highest BCUT2D eigenvalue weighted by Crippen LogP contribution is 2.56. The average molecular weight is 997 g/mol. The molecule has 346 valence electrons. The minimum atomic E-state index is -3.55. The average Bonchev–Trinajstić information content (AvgIpc) is 4.20. The molecule has 0 bridgehead atoms. The molecule has 4 heterocycles. The van der Waals surface area contributed by atoms with E-state index in [1.807, 2.05) is 122 Å². The first-order valence-corrected chi connectivity index (χ1v) is 27.2. The second-order valence-corrected chi connectivity index (χ2v) is 21.9. The van der Waals surface area contributed by atoms with Crippen molar-refractivity contribution in [2.45, 2.75) is 11.5 Å². The highest BCUT2D eigenvalue weighted by molar-refractivity contribution is 7.92. The minimum Gasteiger partial charge on any atom is -0.380 e. The van der Waals surface area contributed by atoms with Crippen molar-refractivity contribution in [3.05, 3.63) is 202 Å². The van der Waals surface area contributed by atoms with Crippen molar-refractivity contribution in [3.63, 3.8) is 0 Å². The molecule has 1 aliphatic carbocycles. The van der Waals surface area contributed by atoms with E-state index in [9.17, 15) is 21.9 Å². The second kappa shape index (κ2) is 18.2. The number of hydrogen-bond acceptors (Lipinski definition) is 10. The van der Waals surface area contributed by atoms with E-state index in [0.29, 0.717) is 50.3 Å². The van der Waals surface area contributed by atoms with Crippen LogP contribution >= 0.6 is 22.7 Å². The van der Waals surface area contributed by atoms with Crippen LogP contribution in [-0.2, 0) is 30.3 Å². The Bertz CT molecular complexity index is 3730. The summed E-state index contributed by atoms with van der Waals surface area (Å²) in [6, 6.07) is 39.6. The molecule has 10 rings (SSSR count). The highest BCUT2D eigenvalue weighted by atomic mass is 32.2. The quantitative estimate of drug-likeness (QED) is 0.0793. The first kappa shape index (κ1) is 45.9. The molecule has 0 radical (unpaired) electrons. The van der Waals surface area contributed by atoms with Crippen LogP contribution in [0.15, 0.2) is 174 Å². The van der Waals surface area contributed by atoms with Crippen molar-refractivity contribution in [1.29, 1.82) is 0 Å². The first-order valence-electron chi connectivity index (χ1n) is 21.6. The molecule has 0 fully saturated rings. The van der Waals surface area contributed by atoms with Crippen molar-refractivity contribution >= 4 is 80.6 Å². The Morgan fingerprint density at radius 1 is 0.657 bits per heavy atom. The smallest absolute Gasteiger partial charge is 0.231 e. The van der Waals surface area contributed by atoms with Crippen LogP contribution < -0.4 is 9.44 Å². The SMILES string of the molecule is CS(=O)(=O)Nc1nc(-c2cccc(C#CC3(C#Cc4cccc(-c5csc(NS(C)(=O)=O)n5)c4)C=CC=C(C(=O)C(O)c4ccccc4)C3(c3ccc4cc[nH]c4c3)c3ccc4cc[nH]c4c3)c2)cs1. The van der Waals surface area contributed by atoms with Gasteiger partial charge in [0.1, 0.15) is 11.5 Å². The van der Waals surface area contributed by atoms with E-state index in [1.165, 1.54) is 0 Å². The molecule has 12 nitrogen and oxygen atoms in total. The first-order chi connectivity index (χ1) is 33.7. The minimum absolute atomic E-state index is 0.227. The Morgan fingerprint density at radius 3 is 1.67 bits per heavy atom. The summed E-state index contributed by atoms with van der Waals surface area (Å²) in [7, 11) is -7.11. The number of carbonyl (C=O) groups is 1. The number of aliphatic hydroxyl groups excluding tert-OH is 1. The number of fused-ring (bicyclic) bond motifs is 2. The third kappa shape index (κ3) is 9.10. The maximum absolute atomic E-state index is 15.5. The summed E-state index contributed by atoms with van der Waals surface area (Å²) in [5.41, 5.74) is 4.13. The number of nitrogens with zero attached hydrogens (tertiary/aromatic N) is 2. The molecule has 9 aromatic rings. The zero-order chi connectivity index (χ0) is 48.7. The van der Waals surface area contributed by atoms with Crippen LogP contribution in [0.3, 0.4) is 0 Å². The Balaban J connectivity index is 1.24. The van der Waals surface area contributed by atoms with Crippen LogP contribution in [0.5, 0.6) is 0 Å². The zero-order valence-corrected chi connectivity index (χ0v) is 40.5. The van der Waals surface area contributed by atoms with E-state index in [2.05, 4.69) is 53.1 Å². The molecule has 0 amide bonds. The summed E-state index contributed by atoms with van der Waals surface area (Å²) in [5.74, 6) is 13.7. The largest absolute Gasteiger partial charge is 0.380 e. The van der Waals surface area contributed by atoms with Gasteiger partial charge in [-0.15, -0.1) is 22.7 Å². The summed E-state index contributed by atoms with van der Waals surface area (Å²) >= 11 is 2.32. The molecule has 1 atom stereocenters. The van der Waals surface area contributed by atoms with Crippen LogP contribution in [0, 0.1) is 29.1 Å². The van der Waals surface area contributed by atoms with Crippen molar-refractivity contribution in [2.75, 3.05) is 22.0 Å². The number of hydrogen-bond donors (Lipinski definition) is 5. The van der Waals surface area contributed by atoms with Crippen LogP contribution in [0.2, 0.25) is 0 Å². The maximum atomic E-state index is 15.5. The normalized spacial score (nSPS) is 14.5. The van der Waals surface area contributed by atoms with E-state index in [0.717, 1.165) is 57.0 Å². The predicted molar refractivity (Wildman–Crippen MR) is 279 cm³/mol. The molecule has 1 unspecified atom stereocenters. The molecule has 16 heteroatoms. The van der Waals surface area contributed by atoms with E-state index in [4.69, 9.17) is 0 Å². The van der Waals surface area contributed by atoms with Gasteiger partial charge >= 0.3 is 0 Å². The fourth-order valence-electron chi connectivity index (χ4n) is 8.83. The summed E-state index contributed by atoms with van der Waals surface area (Å²) in [6.45, 7) is 0. The molecular weight excluding hydrogens is 957 g/mol. The molecule has 0 spiro atoms. The molecule has 0 saturated carbocycles. The summed E-state index contributed by atoms with van der Waals surface area (Å²) in [5, 5.41) is 18.0. The van der Waals surface area contributed by atoms with Gasteiger partial charge in [0.25, 0.3) is 0 Å². The number of aromatic amines is 2. The standard InChI is InChI=1S/C54H40N6O6S4/c1-69(63,64)59-51-57-47(33-67-51)40-13-6-9-35(29-40)20-25-53(26-21-36-10-7-14-41(30-36)48-34-68-52(58-48)60-70(2,65)66)24-8-15-44(50(62)49(61)39-11-4-3-5-12-39)54(53,42-18-16-37-22-27-55-45(37)31-42)43-19-17-38-23-28-56-46(38)32-43/h3-19,22-24,27-34,49,55-56,61H,1-2H3,(H,57,59)(H,58,60). The van der Waals surface area contributed by atoms with Gasteiger partial charge in [-0.05, 0) is 76.0 Å². The van der Waals surface area contributed by atoms with E-state index < -0.39 is 42.8 Å². The van der Waals surface area contributed by atoms with Gasteiger partial charge in [0.2, 0.25) is 20.0 Å². The number of benzene rings is 5. The second-order valence-electron chi connectivity index (χ2n) is 16.7. The number of anilines is 2. The number of rotatable bonds is 11. The fraction of sp³-hybridized carbons (Fsp3) is 0.0926. The molecule has 5 N–H and O–H groups in total. The maximum Gasteiger partial charge on any atom is 0.231 e. The lowest BCUT2D eigenvalue weighted by Crippen LogP contribution is -2.49. The van der Waals surface area contributed by atoms with Gasteiger partial charge in [-0.1, -0.05) is 121 Å². The van der Waals surface area contributed by atoms with Crippen LogP contribution in [0.4, 0.5) is 10.3 Å². The Morgan fingerprint density at radius 2 is 1.17 bits per heavy atom. The van der Waals surface area contributed by atoms with Crippen LogP contribution in [-0.4, -0.2) is 60.2 Å². The lowest BCUT2D eigenvalue weighted by Gasteiger charge is -2.47. The molecule has 0 aliphatic heterocycles. The molecule has 70 heavy (non-hydrogen) atoms. The van der Waals surface area contributed by atoms with Crippen molar-refractivity contribution in [3.8, 4) is 46.2 Å². The number of H-pyrrole nitrogens is 2. The Hall–Kier alpha value is -7.83. The van der Waals surface area contributed by atoms with Gasteiger partial charge in [-0.3, -0.25) is 14.2 Å².